The van der Waals surface area contributed by atoms with Gasteiger partial charge in [0.1, 0.15) is 11.2 Å². The largest absolute Gasteiger partial charge is 0.339 e. The highest BCUT2D eigenvalue weighted by molar-refractivity contribution is 6.31. The fourth-order valence-corrected chi connectivity index (χ4v) is 3.89. The van der Waals surface area contributed by atoms with E-state index in [1.165, 1.54) is 6.07 Å². The van der Waals surface area contributed by atoms with Crippen molar-refractivity contribution in [2.75, 3.05) is 26.2 Å². The first kappa shape index (κ1) is 17.2. The molecule has 4 nitrogen and oxygen atoms in total. The normalized spacial score (nSPS) is 20.8. The van der Waals surface area contributed by atoms with E-state index in [1.807, 2.05) is 0 Å². The summed E-state index contributed by atoms with van der Waals surface area (Å²) in [6.07, 6.45) is 3.25. The van der Waals surface area contributed by atoms with Gasteiger partial charge in [-0.15, -0.1) is 0 Å². The van der Waals surface area contributed by atoms with Crippen LogP contribution in [0, 0.1) is 22.6 Å². The smallest absolute Gasteiger partial charge is 0.243 e. The van der Waals surface area contributed by atoms with Crippen LogP contribution >= 0.6 is 11.6 Å². The van der Waals surface area contributed by atoms with Gasteiger partial charge < -0.3 is 4.90 Å². The van der Waals surface area contributed by atoms with E-state index in [1.54, 1.807) is 17.0 Å². The number of hydrogen-bond acceptors (Lipinski definition) is 3. The van der Waals surface area contributed by atoms with Crippen molar-refractivity contribution in [1.82, 2.24) is 9.80 Å². The third kappa shape index (κ3) is 3.26. The molecule has 2 fully saturated rings. The van der Waals surface area contributed by atoms with Crippen LogP contribution in [0.5, 0.6) is 0 Å². The molecule has 0 radical (unpaired) electrons. The van der Waals surface area contributed by atoms with Crippen LogP contribution in [0.25, 0.3) is 0 Å². The zero-order valence-electron chi connectivity index (χ0n) is 13.6. The number of nitriles is 1. The van der Waals surface area contributed by atoms with E-state index in [2.05, 4.69) is 11.0 Å². The maximum atomic E-state index is 13.9. The summed E-state index contributed by atoms with van der Waals surface area (Å²) in [6, 6.07) is 6.97. The van der Waals surface area contributed by atoms with E-state index in [9.17, 15) is 14.4 Å². The van der Waals surface area contributed by atoms with E-state index in [0.717, 1.165) is 12.8 Å². The van der Waals surface area contributed by atoms with Crippen molar-refractivity contribution in [3.8, 4) is 6.07 Å². The maximum absolute atomic E-state index is 13.9. The van der Waals surface area contributed by atoms with Crippen molar-refractivity contribution in [1.29, 1.82) is 5.26 Å². The predicted molar refractivity (Wildman–Crippen MR) is 89.8 cm³/mol. The Morgan fingerprint density at radius 2 is 1.92 bits per heavy atom. The molecule has 0 spiro atoms. The van der Waals surface area contributed by atoms with E-state index < -0.39 is 5.41 Å². The minimum absolute atomic E-state index is 0.0222. The summed E-state index contributed by atoms with van der Waals surface area (Å²) in [7, 11) is 0. The number of benzene rings is 1. The van der Waals surface area contributed by atoms with Gasteiger partial charge in [-0.25, -0.2) is 4.39 Å². The van der Waals surface area contributed by atoms with Gasteiger partial charge in [-0.3, -0.25) is 9.69 Å². The molecule has 1 aliphatic carbocycles. The van der Waals surface area contributed by atoms with Crippen LogP contribution in [0.15, 0.2) is 18.2 Å². The highest BCUT2D eigenvalue weighted by atomic mass is 35.5. The van der Waals surface area contributed by atoms with Crippen molar-refractivity contribution in [2.45, 2.75) is 32.2 Å². The number of carbonyl (C=O) groups is 1. The van der Waals surface area contributed by atoms with Gasteiger partial charge in [0.25, 0.3) is 0 Å². The Hall–Kier alpha value is -1.64. The summed E-state index contributed by atoms with van der Waals surface area (Å²) < 4.78 is 13.9. The summed E-state index contributed by atoms with van der Waals surface area (Å²) in [5.74, 6) is -0.318. The van der Waals surface area contributed by atoms with Crippen LogP contribution in [-0.2, 0) is 11.3 Å². The Morgan fingerprint density at radius 1 is 1.25 bits per heavy atom. The quantitative estimate of drug-likeness (QED) is 0.841. The first-order valence-corrected chi connectivity index (χ1v) is 8.79. The summed E-state index contributed by atoms with van der Waals surface area (Å²) >= 11 is 6.08. The molecule has 6 heteroatoms. The molecule has 0 bridgehead atoms. The molecule has 1 aromatic carbocycles. The Kier molecular flexibility index (Phi) is 5.07. The summed E-state index contributed by atoms with van der Waals surface area (Å²) in [4.78, 5) is 16.6. The van der Waals surface area contributed by atoms with Gasteiger partial charge in [0.2, 0.25) is 5.91 Å². The molecule has 1 aliphatic heterocycles. The third-order valence-corrected chi connectivity index (χ3v) is 5.54. The average molecular weight is 350 g/mol. The average Bonchev–Trinajstić information content (AvgIpc) is 3.08. The van der Waals surface area contributed by atoms with Gasteiger partial charge in [-0.2, -0.15) is 5.26 Å². The minimum atomic E-state index is -0.809. The minimum Gasteiger partial charge on any atom is -0.339 e. The van der Waals surface area contributed by atoms with Crippen LogP contribution in [0.4, 0.5) is 4.39 Å². The number of halogens is 2. The summed E-state index contributed by atoms with van der Waals surface area (Å²) in [5.41, 5.74) is -0.306. The van der Waals surface area contributed by atoms with Crippen LogP contribution in [0.3, 0.4) is 0 Å². The number of nitrogens with zero attached hydrogens (tertiary/aromatic N) is 3. The Bertz CT molecular complexity index is 638. The molecule has 1 amide bonds. The number of amides is 1. The molecule has 2 aliphatic rings. The van der Waals surface area contributed by atoms with E-state index in [4.69, 9.17) is 11.6 Å². The molecular weight excluding hydrogens is 329 g/mol. The van der Waals surface area contributed by atoms with Crippen molar-refractivity contribution in [2.24, 2.45) is 5.41 Å². The molecule has 0 atom stereocenters. The SMILES string of the molecule is N#CC1(C(=O)N2CCN(Cc3c(F)cccc3Cl)CC2)CCCC1. The Labute approximate surface area is 146 Å². The van der Waals surface area contributed by atoms with Crippen LogP contribution < -0.4 is 0 Å². The second-order valence-corrected chi connectivity index (χ2v) is 7.08. The molecular formula is C18H21ClFN3O. The van der Waals surface area contributed by atoms with Crippen molar-refractivity contribution in [3.05, 3.63) is 34.6 Å². The summed E-state index contributed by atoms with van der Waals surface area (Å²) in [5, 5.41) is 9.89. The van der Waals surface area contributed by atoms with Crippen molar-refractivity contribution in [3.63, 3.8) is 0 Å². The lowest BCUT2D eigenvalue weighted by molar-refractivity contribution is -0.140. The van der Waals surface area contributed by atoms with Crippen LogP contribution in [0.2, 0.25) is 5.02 Å². The lowest BCUT2D eigenvalue weighted by atomic mass is 9.86. The lowest BCUT2D eigenvalue weighted by Crippen LogP contribution is -2.52. The second kappa shape index (κ2) is 7.08. The zero-order chi connectivity index (χ0) is 17.2. The third-order valence-electron chi connectivity index (χ3n) is 5.18. The first-order chi connectivity index (χ1) is 11.6. The first-order valence-electron chi connectivity index (χ1n) is 8.42. The van der Waals surface area contributed by atoms with Gasteiger partial charge >= 0.3 is 0 Å². The lowest BCUT2D eigenvalue weighted by Gasteiger charge is -2.37. The van der Waals surface area contributed by atoms with Gasteiger partial charge in [0, 0.05) is 43.3 Å². The topological polar surface area (TPSA) is 47.3 Å². The van der Waals surface area contributed by atoms with Gasteiger partial charge in [-0.05, 0) is 25.0 Å². The molecule has 24 heavy (non-hydrogen) atoms. The monoisotopic (exact) mass is 349 g/mol. The Balaban J connectivity index is 1.60. The van der Waals surface area contributed by atoms with Gasteiger partial charge in [0.15, 0.2) is 0 Å². The van der Waals surface area contributed by atoms with Gasteiger partial charge in [-0.1, -0.05) is 30.5 Å². The molecule has 1 saturated heterocycles. The number of carbonyl (C=O) groups excluding carboxylic acids is 1. The molecule has 128 valence electrons. The molecule has 0 unspecified atom stereocenters. The van der Waals surface area contributed by atoms with Crippen molar-refractivity contribution >= 4 is 17.5 Å². The predicted octanol–water partition coefficient (Wildman–Crippen LogP) is 3.21. The zero-order valence-corrected chi connectivity index (χ0v) is 14.4. The highest BCUT2D eigenvalue weighted by Crippen LogP contribution is 2.39. The van der Waals surface area contributed by atoms with E-state index >= 15 is 0 Å². The van der Waals surface area contributed by atoms with Gasteiger partial charge in [0.05, 0.1) is 6.07 Å². The Morgan fingerprint density at radius 3 is 2.50 bits per heavy atom. The standard InChI is InChI=1S/C18H21ClFN3O/c19-15-4-3-5-16(20)14(15)12-22-8-10-23(11-9-22)17(24)18(13-21)6-1-2-7-18/h3-5H,1-2,6-12H2. The maximum Gasteiger partial charge on any atom is 0.243 e. The summed E-state index contributed by atoms with van der Waals surface area (Å²) in [6.45, 7) is 2.93. The molecule has 0 N–H and O–H groups in total. The molecule has 1 aromatic rings. The van der Waals surface area contributed by atoms with E-state index in [0.29, 0.717) is 56.2 Å². The number of piperazine rings is 1. The van der Waals surface area contributed by atoms with Crippen LogP contribution in [0.1, 0.15) is 31.2 Å². The van der Waals surface area contributed by atoms with Crippen molar-refractivity contribution < 1.29 is 9.18 Å². The molecule has 1 saturated carbocycles. The number of rotatable bonds is 3. The fraction of sp³-hybridized carbons (Fsp3) is 0.556. The van der Waals surface area contributed by atoms with Crippen LogP contribution in [-0.4, -0.2) is 41.9 Å². The molecule has 0 aromatic heterocycles. The number of hydrogen-bond donors (Lipinski definition) is 0. The highest BCUT2D eigenvalue weighted by Gasteiger charge is 2.44. The molecule has 1 heterocycles. The molecule has 3 rings (SSSR count). The van der Waals surface area contributed by atoms with E-state index in [-0.39, 0.29) is 11.7 Å². The fourth-order valence-electron chi connectivity index (χ4n) is 3.67. The second-order valence-electron chi connectivity index (χ2n) is 6.67.